The Morgan fingerprint density at radius 2 is 2.19 bits per heavy atom. The van der Waals surface area contributed by atoms with Crippen molar-refractivity contribution < 1.29 is 9.53 Å². The van der Waals surface area contributed by atoms with E-state index < -0.39 is 0 Å². The predicted molar refractivity (Wildman–Crippen MR) is 74.8 cm³/mol. The molecular formula is C13H16N6O2. The SMILES string of the molecule is O=C(NCc1ccc(N2CCOCC2)nc1)c1ncn[nH]1. The molecule has 0 aliphatic carbocycles. The topological polar surface area (TPSA) is 96.0 Å². The van der Waals surface area contributed by atoms with Crippen LogP contribution < -0.4 is 10.2 Å². The molecule has 8 heteroatoms. The predicted octanol–water partition coefficient (Wildman–Crippen LogP) is -0.0337. The molecule has 21 heavy (non-hydrogen) atoms. The molecular weight excluding hydrogens is 272 g/mol. The zero-order valence-corrected chi connectivity index (χ0v) is 11.5. The Kier molecular flexibility index (Phi) is 4.06. The van der Waals surface area contributed by atoms with Gasteiger partial charge < -0.3 is 15.0 Å². The summed E-state index contributed by atoms with van der Waals surface area (Å²) >= 11 is 0. The molecule has 0 aromatic carbocycles. The zero-order valence-electron chi connectivity index (χ0n) is 11.5. The molecule has 2 aromatic heterocycles. The number of amides is 1. The number of nitrogens with one attached hydrogen (secondary N) is 2. The smallest absolute Gasteiger partial charge is 0.288 e. The maximum Gasteiger partial charge on any atom is 0.288 e. The van der Waals surface area contributed by atoms with Crippen molar-refractivity contribution in [3.63, 3.8) is 0 Å². The first-order valence-electron chi connectivity index (χ1n) is 6.74. The lowest BCUT2D eigenvalue weighted by atomic mass is 10.2. The molecule has 1 aliphatic heterocycles. The van der Waals surface area contributed by atoms with Gasteiger partial charge in [0.05, 0.1) is 13.2 Å². The largest absolute Gasteiger partial charge is 0.378 e. The molecule has 0 spiro atoms. The second-order valence-corrected chi connectivity index (χ2v) is 4.64. The molecule has 1 aliphatic rings. The van der Waals surface area contributed by atoms with Crippen LogP contribution in [0.15, 0.2) is 24.7 Å². The van der Waals surface area contributed by atoms with Gasteiger partial charge in [-0.05, 0) is 11.6 Å². The highest BCUT2D eigenvalue weighted by Gasteiger charge is 2.12. The van der Waals surface area contributed by atoms with E-state index in [1.54, 1.807) is 6.20 Å². The van der Waals surface area contributed by atoms with E-state index in [1.165, 1.54) is 6.33 Å². The Hall–Kier alpha value is -2.48. The van der Waals surface area contributed by atoms with Crippen LogP contribution >= 0.6 is 0 Å². The van der Waals surface area contributed by atoms with E-state index >= 15 is 0 Å². The lowest BCUT2D eigenvalue weighted by Crippen LogP contribution is -2.36. The van der Waals surface area contributed by atoms with Crippen molar-refractivity contribution in [1.82, 2.24) is 25.5 Å². The summed E-state index contributed by atoms with van der Waals surface area (Å²) < 4.78 is 5.31. The number of aromatic nitrogens is 4. The van der Waals surface area contributed by atoms with Gasteiger partial charge in [-0.3, -0.25) is 9.89 Å². The third-order valence-corrected chi connectivity index (χ3v) is 3.23. The Bertz CT molecular complexity index is 577. The maximum absolute atomic E-state index is 11.7. The number of nitrogens with zero attached hydrogens (tertiary/aromatic N) is 4. The molecule has 1 saturated heterocycles. The minimum atomic E-state index is -0.287. The normalized spacial score (nSPS) is 15.0. The number of H-pyrrole nitrogens is 1. The van der Waals surface area contributed by atoms with E-state index in [4.69, 9.17) is 4.74 Å². The number of anilines is 1. The van der Waals surface area contributed by atoms with Crippen molar-refractivity contribution in [3.8, 4) is 0 Å². The summed E-state index contributed by atoms with van der Waals surface area (Å²) in [4.78, 5) is 22.1. The molecule has 2 N–H and O–H groups in total. The summed E-state index contributed by atoms with van der Waals surface area (Å²) in [6.07, 6.45) is 3.07. The van der Waals surface area contributed by atoms with Crippen molar-refractivity contribution in [1.29, 1.82) is 0 Å². The summed E-state index contributed by atoms with van der Waals surface area (Å²) in [6.45, 7) is 3.58. The van der Waals surface area contributed by atoms with E-state index in [0.29, 0.717) is 6.54 Å². The lowest BCUT2D eigenvalue weighted by molar-refractivity contribution is 0.0941. The third-order valence-electron chi connectivity index (χ3n) is 3.23. The molecule has 110 valence electrons. The van der Waals surface area contributed by atoms with Crippen LogP contribution in [-0.4, -0.2) is 52.4 Å². The van der Waals surface area contributed by atoms with Crippen LogP contribution in [0.4, 0.5) is 5.82 Å². The number of rotatable bonds is 4. The molecule has 8 nitrogen and oxygen atoms in total. The zero-order chi connectivity index (χ0) is 14.5. The van der Waals surface area contributed by atoms with Gasteiger partial charge in [0.25, 0.3) is 5.91 Å². The molecule has 1 amide bonds. The molecule has 0 saturated carbocycles. The molecule has 3 rings (SSSR count). The number of carbonyl (C=O) groups excluding carboxylic acids is 1. The standard InChI is InChI=1S/C13H16N6O2/c20-13(12-16-9-17-18-12)15-8-10-1-2-11(14-7-10)19-3-5-21-6-4-19/h1-2,7,9H,3-6,8H2,(H,15,20)(H,16,17,18). The second kappa shape index (κ2) is 6.31. The van der Waals surface area contributed by atoms with E-state index in [0.717, 1.165) is 37.7 Å². The number of carbonyl (C=O) groups is 1. The van der Waals surface area contributed by atoms with E-state index in [1.807, 2.05) is 12.1 Å². The fourth-order valence-corrected chi connectivity index (χ4v) is 2.08. The molecule has 0 radical (unpaired) electrons. The van der Waals surface area contributed by atoms with Gasteiger partial charge in [-0.1, -0.05) is 6.07 Å². The lowest BCUT2D eigenvalue weighted by Gasteiger charge is -2.27. The van der Waals surface area contributed by atoms with Crippen molar-refractivity contribution >= 4 is 11.7 Å². The molecule has 0 atom stereocenters. The van der Waals surface area contributed by atoms with Crippen LogP contribution in [0.2, 0.25) is 0 Å². The average molecular weight is 288 g/mol. The average Bonchev–Trinajstić information content (AvgIpc) is 3.08. The van der Waals surface area contributed by atoms with E-state index in [9.17, 15) is 4.79 Å². The molecule has 3 heterocycles. The highest BCUT2D eigenvalue weighted by molar-refractivity contribution is 5.90. The van der Waals surface area contributed by atoms with E-state index in [-0.39, 0.29) is 11.7 Å². The van der Waals surface area contributed by atoms with Crippen LogP contribution in [0.25, 0.3) is 0 Å². The van der Waals surface area contributed by atoms with Gasteiger partial charge in [-0.2, -0.15) is 5.10 Å². The fourth-order valence-electron chi connectivity index (χ4n) is 2.08. The Morgan fingerprint density at radius 1 is 1.33 bits per heavy atom. The van der Waals surface area contributed by atoms with Crippen molar-refractivity contribution in [2.75, 3.05) is 31.2 Å². The first-order chi connectivity index (χ1) is 10.3. The van der Waals surface area contributed by atoms with Crippen LogP contribution in [-0.2, 0) is 11.3 Å². The van der Waals surface area contributed by atoms with Gasteiger partial charge in [-0.15, -0.1) is 0 Å². The minimum absolute atomic E-state index is 0.202. The summed E-state index contributed by atoms with van der Waals surface area (Å²) in [5.41, 5.74) is 0.930. The quantitative estimate of drug-likeness (QED) is 0.820. The van der Waals surface area contributed by atoms with Gasteiger partial charge >= 0.3 is 0 Å². The summed E-state index contributed by atoms with van der Waals surface area (Å²) in [6, 6.07) is 3.92. The molecule has 0 bridgehead atoms. The van der Waals surface area contributed by atoms with Gasteiger partial charge in [0.1, 0.15) is 12.1 Å². The van der Waals surface area contributed by atoms with Crippen molar-refractivity contribution in [2.24, 2.45) is 0 Å². The van der Waals surface area contributed by atoms with Crippen LogP contribution in [0.5, 0.6) is 0 Å². The third kappa shape index (κ3) is 3.34. The Labute approximate surface area is 121 Å². The number of hydrogen-bond donors (Lipinski definition) is 2. The molecule has 2 aromatic rings. The number of ether oxygens (including phenoxy) is 1. The van der Waals surface area contributed by atoms with Crippen molar-refractivity contribution in [2.45, 2.75) is 6.54 Å². The number of pyridine rings is 1. The van der Waals surface area contributed by atoms with Gasteiger partial charge in [0, 0.05) is 25.8 Å². The van der Waals surface area contributed by atoms with Crippen LogP contribution in [0.1, 0.15) is 16.2 Å². The van der Waals surface area contributed by atoms with Crippen LogP contribution in [0, 0.1) is 0 Å². The monoisotopic (exact) mass is 288 g/mol. The van der Waals surface area contributed by atoms with Gasteiger partial charge in [0.2, 0.25) is 5.82 Å². The first-order valence-corrected chi connectivity index (χ1v) is 6.74. The summed E-state index contributed by atoms with van der Waals surface area (Å²) in [5, 5.41) is 8.91. The maximum atomic E-state index is 11.7. The number of morpholine rings is 1. The molecule has 1 fully saturated rings. The van der Waals surface area contributed by atoms with Crippen molar-refractivity contribution in [3.05, 3.63) is 36.0 Å². The molecule has 0 unspecified atom stereocenters. The Morgan fingerprint density at radius 3 is 2.86 bits per heavy atom. The van der Waals surface area contributed by atoms with Gasteiger partial charge in [-0.25, -0.2) is 9.97 Å². The van der Waals surface area contributed by atoms with E-state index in [2.05, 4.69) is 30.4 Å². The number of hydrogen-bond acceptors (Lipinski definition) is 6. The highest BCUT2D eigenvalue weighted by Crippen LogP contribution is 2.12. The summed E-state index contributed by atoms with van der Waals surface area (Å²) in [7, 11) is 0. The number of aromatic amines is 1. The Balaban J connectivity index is 1.55. The first kappa shape index (κ1) is 13.5. The minimum Gasteiger partial charge on any atom is -0.378 e. The summed E-state index contributed by atoms with van der Waals surface area (Å²) in [5.74, 6) is 0.848. The highest BCUT2D eigenvalue weighted by atomic mass is 16.5. The fraction of sp³-hybridized carbons (Fsp3) is 0.385. The van der Waals surface area contributed by atoms with Gasteiger partial charge in [0.15, 0.2) is 0 Å². The second-order valence-electron chi connectivity index (χ2n) is 4.64. The van der Waals surface area contributed by atoms with Crippen LogP contribution in [0.3, 0.4) is 0 Å².